The molecule has 0 saturated heterocycles. The van der Waals surface area contributed by atoms with Gasteiger partial charge in [0.25, 0.3) is 10.0 Å². The Morgan fingerprint density at radius 2 is 1.63 bits per heavy atom. The van der Waals surface area contributed by atoms with E-state index in [1.807, 2.05) is 13.8 Å². The van der Waals surface area contributed by atoms with Gasteiger partial charge >= 0.3 is 0 Å². The second kappa shape index (κ2) is 13.7. The number of amides is 2. The van der Waals surface area contributed by atoms with Crippen molar-refractivity contribution in [1.29, 1.82) is 0 Å². The number of nitrogens with zero attached hydrogens (tertiary/aromatic N) is 2. The number of benzene rings is 3. The molecule has 4 rings (SSSR count). The number of sulfonamides is 1. The van der Waals surface area contributed by atoms with Gasteiger partial charge in [-0.3, -0.25) is 13.9 Å². The van der Waals surface area contributed by atoms with Crippen molar-refractivity contribution in [3.05, 3.63) is 94.0 Å². The number of rotatable bonds is 11. The summed E-state index contributed by atoms with van der Waals surface area (Å²) in [6, 6.07) is 19.1. The average Bonchev–Trinajstić information content (AvgIpc) is 3.47. The quantitative estimate of drug-likeness (QED) is 0.272. The summed E-state index contributed by atoms with van der Waals surface area (Å²) in [6.45, 7) is 3.26. The van der Waals surface area contributed by atoms with Gasteiger partial charge in [-0.1, -0.05) is 79.4 Å². The van der Waals surface area contributed by atoms with Crippen LogP contribution in [0.15, 0.2) is 77.7 Å². The molecule has 0 aromatic heterocycles. The summed E-state index contributed by atoms with van der Waals surface area (Å²) in [7, 11) is -4.15. The smallest absolute Gasteiger partial charge is 0.264 e. The molecule has 3 aromatic rings. The topological polar surface area (TPSA) is 86.8 Å². The molecular formula is C31H35Cl2N3O4S. The van der Waals surface area contributed by atoms with Gasteiger partial charge in [0.1, 0.15) is 12.6 Å². The molecule has 1 aliphatic rings. The van der Waals surface area contributed by atoms with Gasteiger partial charge in [-0.05, 0) is 73.7 Å². The first-order valence-electron chi connectivity index (χ1n) is 13.8. The molecule has 1 saturated carbocycles. The Morgan fingerprint density at radius 3 is 2.24 bits per heavy atom. The van der Waals surface area contributed by atoms with Gasteiger partial charge in [0.15, 0.2) is 0 Å². The molecule has 2 amide bonds. The summed E-state index contributed by atoms with van der Waals surface area (Å²) in [5, 5.41) is 4.04. The zero-order valence-electron chi connectivity index (χ0n) is 23.2. The van der Waals surface area contributed by atoms with E-state index < -0.39 is 28.5 Å². The second-order valence-corrected chi connectivity index (χ2v) is 13.0. The van der Waals surface area contributed by atoms with Crippen molar-refractivity contribution >= 4 is 50.7 Å². The van der Waals surface area contributed by atoms with Crippen LogP contribution in [0.4, 0.5) is 5.69 Å². The minimum absolute atomic E-state index is 0.0415. The molecule has 0 aliphatic heterocycles. The molecular weight excluding hydrogens is 581 g/mol. The molecule has 1 fully saturated rings. The van der Waals surface area contributed by atoms with E-state index >= 15 is 0 Å². The van der Waals surface area contributed by atoms with Gasteiger partial charge in [-0.25, -0.2) is 8.42 Å². The van der Waals surface area contributed by atoms with Crippen LogP contribution in [0.25, 0.3) is 0 Å². The lowest BCUT2D eigenvalue weighted by atomic mass is 10.1. The molecule has 218 valence electrons. The number of nitrogens with one attached hydrogen (secondary N) is 1. The van der Waals surface area contributed by atoms with E-state index in [1.54, 1.807) is 54.6 Å². The third kappa shape index (κ3) is 7.61. The van der Waals surface area contributed by atoms with Crippen LogP contribution in [-0.4, -0.2) is 43.8 Å². The second-order valence-electron chi connectivity index (χ2n) is 10.3. The van der Waals surface area contributed by atoms with E-state index in [0.717, 1.165) is 41.1 Å². The predicted molar refractivity (Wildman–Crippen MR) is 164 cm³/mol. The van der Waals surface area contributed by atoms with Crippen LogP contribution in [0, 0.1) is 6.92 Å². The fourth-order valence-electron chi connectivity index (χ4n) is 5.06. The molecule has 10 heteroatoms. The van der Waals surface area contributed by atoms with Crippen LogP contribution >= 0.6 is 23.2 Å². The van der Waals surface area contributed by atoms with Gasteiger partial charge in [-0.2, -0.15) is 0 Å². The number of halogens is 2. The van der Waals surface area contributed by atoms with Crippen LogP contribution in [0.2, 0.25) is 10.0 Å². The van der Waals surface area contributed by atoms with Crippen molar-refractivity contribution in [2.45, 2.75) is 69.5 Å². The highest BCUT2D eigenvalue weighted by Crippen LogP contribution is 2.29. The minimum Gasteiger partial charge on any atom is -0.352 e. The Kier molecular flexibility index (Phi) is 10.3. The monoisotopic (exact) mass is 615 g/mol. The Morgan fingerprint density at radius 1 is 0.976 bits per heavy atom. The Bertz CT molecular complexity index is 1460. The van der Waals surface area contributed by atoms with Crippen LogP contribution < -0.4 is 9.62 Å². The van der Waals surface area contributed by atoms with Crippen molar-refractivity contribution in [3.63, 3.8) is 0 Å². The Hall–Kier alpha value is -3.07. The lowest BCUT2D eigenvalue weighted by Gasteiger charge is -2.34. The molecule has 0 radical (unpaired) electrons. The zero-order valence-corrected chi connectivity index (χ0v) is 25.6. The first-order chi connectivity index (χ1) is 19.6. The Balaban J connectivity index is 1.72. The lowest BCUT2D eigenvalue weighted by molar-refractivity contribution is -0.140. The van der Waals surface area contributed by atoms with Crippen LogP contribution in [0.5, 0.6) is 0 Å². The van der Waals surface area contributed by atoms with E-state index in [-0.39, 0.29) is 29.1 Å². The van der Waals surface area contributed by atoms with E-state index in [0.29, 0.717) is 16.5 Å². The summed E-state index contributed by atoms with van der Waals surface area (Å²) in [5.74, 6) is -0.748. The summed E-state index contributed by atoms with van der Waals surface area (Å²) in [4.78, 5) is 29.2. The van der Waals surface area contributed by atoms with Crippen molar-refractivity contribution in [3.8, 4) is 0 Å². The van der Waals surface area contributed by atoms with Crippen molar-refractivity contribution < 1.29 is 18.0 Å². The fraction of sp³-hybridized carbons (Fsp3) is 0.355. The summed E-state index contributed by atoms with van der Waals surface area (Å²) in [5.41, 5.74) is 1.80. The average molecular weight is 617 g/mol. The number of carbonyl (C=O) groups excluding carboxylic acids is 2. The largest absolute Gasteiger partial charge is 0.352 e. The van der Waals surface area contributed by atoms with Gasteiger partial charge in [-0.15, -0.1) is 0 Å². The van der Waals surface area contributed by atoms with Gasteiger partial charge in [0.2, 0.25) is 11.8 Å². The number of hydrogen-bond donors (Lipinski definition) is 1. The van der Waals surface area contributed by atoms with Crippen LogP contribution in [0.3, 0.4) is 0 Å². The van der Waals surface area contributed by atoms with Crippen LogP contribution in [0.1, 0.15) is 50.2 Å². The van der Waals surface area contributed by atoms with E-state index in [9.17, 15) is 18.0 Å². The molecule has 3 aromatic carbocycles. The van der Waals surface area contributed by atoms with Gasteiger partial charge in [0, 0.05) is 22.6 Å². The highest BCUT2D eigenvalue weighted by molar-refractivity contribution is 7.92. The highest BCUT2D eigenvalue weighted by Gasteiger charge is 2.34. The molecule has 41 heavy (non-hydrogen) atoms. The van der Waals surface area contributed by atoms with Crippen molar-refractivity contribution in [1.82, 2.24) is 10.2 Å². The molecule has 7 nitrogen and oxygen atoms in total. The maximum atomic E-state index is 14.2. The molecule has 1 aliphatic carbocycles. The third-order valence-corrected chi connectivity index (χ3v) is 9.85. The summed E-state index contributed by atoms with van der Waals surface area (Å²) < 4.78 is 28.9. The first-order valence-corrected chi connectivity index (χ1v) is 16.0. The molecule has 1 atom stereocenters. The van der Waals surface area contributed by atoms with E-state index in [4.69, 9.17) is 23.2 Å². The van der Waals surface area contributed by atoms with Gasteiger partial charge < -0.3 is 10.2 Å². The zero-order chi connectivity index (χ0) is 29.6. The number of anilines is 1. The normalized spacial score (nSPS) is 14.4. The van der Waals surface area contributed by atoms with E-state index in [1.165, 1.54) is 23.1 Å². The summed E-state index contributed by atoms with van der Waals surface area (Å²) >= 11 is 12.5. The van der Waals surface area contributed by atoms with Crippen molar-refractivity contribution in [2.75, 3.05) is 10.8 Å². The fourth-order valence-corrected chi connectivity index (χ4v) is 6.79. The maximum absolute atomic E-state index is 14.2. The molecule has 1 unspecified atom stereocenters. The SMILES string of the molecule is CCC(C(=O)NC1CCCC1)N(Cc1ccc(Cl)cc1)C(=O)CN(c1ccc(C)c(Cl)c1)S(=O)(=O)c1ccccc1. The Labute approximate surface area is 252 Å². The lowest BCUT2D eigenvalue weighted by Crippen LogP contribution is -2.53. The predicted octanol–water partition coefficient (Wildman–Crippen LogP) is 6.36. The first kappa shape index (κ1) is 30.9. The third-order valence-electron chi connectivity index (χ3n) is 7.41. The molecule has 1 N–H and O–H groups in total. The minimum atomic E-state index is -4.15. The number of aryl methyl sites for hydroxylation is 1. The molecule has 0 heterocycles. The summed E-state index contributed by atoms with van der Waals surface area (Å²) in [6.07, 6.45) is 4.29. The maximum Gasteiger partial charge on any atom is 0.264 e. The highest BCUT2D eigenvalue weighted by atomic mass is 35.5. The molecule has 0 bridgehead atoms. The number of carbonyl (C=O) groups is 2. The van der Waals surface area contributed by atoms with Crippen LogP contribution in [-0.2, 0) is 26.2 Å². The van der Waals surface area contributed by atoms with E-state index in [2.05, 4.69) is 5.32 Å². The standard InChI is InChI=1S/C31H35Cl2N3O4S/c1-3-29(31(38)34-25-9-7-8-10-25)35(20-23-14-16-24(32)17-15-23)30(37)21-36(26-18-13-22(2)28(33)19-26)41(39,40)27-11-5-4-6-12-27/h4-6,11-19,25,29H,3,7-10,20-21H2,1-2H3,(H,34,38). The van der Waals surface area contributed by atoms with Gasteiger partial charge in [0.05, 0.1) is 10.6 Å². The number of hydrogen-bond acceptors (Lipinski definition) is 4. The molecule has 0 spiro atoms. The van der Waals surface area contributed by atoms with Crippen molar-refractivity contribution in [2.24, 2.45) is 0 Å².